The number of hydrogen-bond acceptors (Lipinski definition) is 2. The molecular formula is C14H21NO. The van der Waals surface area contributed by atoms with E-state index in [2.05, 4.69) is 43.0 Å². The standard InChI is InChI=1S/C14H21NO/c1-3-12-6-4-5-7-13(12)15-9-8-14(16)11(2)10-15/h4-7,11,14,16H,3,8-10H2,1-2H3. The van der Waals surface area contributed by atoms with Gasteiger partial charge in [-0.2, -0.15) is 0 Å². The third-order valence-corrected chi connectivity index (χ3v) is 3.57. The molecule has 2 heteroatoms. The molecule has 1 saturated heterocycles. The molecule has 88 valence electrons. The van der Waals surface area contributed by atoms with Crippen molar-refractivity contribution in [1.29, 1.82) is 0 Å². The van der Waals surface area contributed by atoms with Gasteiger partial charge in [0.2, 0.25) is 0 Å². The van der Waals surface area contributed by atoms with Gasteiger partial charge in [0.1, 0.15) is 0 Å². The Kier molecular flexibility index (Phi) is 3.49. The Morgan fingerprint density at radius 3 is 2.81 bits per heavy atom. The summed E-state index contributed by atoms with van der Waals surface area (Å²) in [6.07, 6.45) is 1.84. The van der Waals surface area contributed by atoms with Crippen LogP contribution in [0.5, 0.6) is 0 Å². The number of aryl methyl sites for hydroxylation is 1. The first-order valence-corrected chi connectivity index (χ1v) is 6.23. The van der Waals surface area contributed by atoms with Crippen LogP contribution in [-0.4, -0.2) is 24.3 Å². The molecule has 2 rings (SSSR count). The maximum Gasteiger partial charge on any atom is 0.0599 e. The molecule has 0 amide bonds. The summed E-state index contributed by atoms with van der Waals surface area (Å²) in [4.78, 5) is 2.41. The quantitative estimate of drug-likeness (QED) is 0.826. The smallest absolute Gasteiger partial charge is 0.0599 e. The van der Waals surface area contributed by atoms with Crippen LogP contribution in [0.2, 0.25) is 0 Å². The van der Waals surface area contributed by atoms with E-state index in [4.69, 9.17) is 0 Å². The molecule has 2 unspecified atom stereocenters. The third kappa shape index (κ3) is 2.22. The predicted octanol–water partition coefficient (Wildman–Crippen LogP) is 2.46. The number of benzene rings is 1. The molecule has 0 saturated carbocycles. The van der Waals surface area contributed by atoms with Crippen LogP contribution in [0, 0.1) is 5.92 Å². The van der Waals surface area contributed by atoms with Crippen molar-refractivity contribution in [2.75, 3.05) is 18.0 Å². The summed E-state index contributed by atoms with van der Waals surface area (Å²) >= 11 is 0. The Morgan fingerprint density at radius 2 is 2.12 bits per heavy atom. The lowest BCUT2D eigenvalue weighted by atomic mass is 9.95. The highest BCUT2D eigenvalue weighted by Gasteiger charge is 2.24. The first kappa shape index (κ1) is 11.5. The van der Waals surface area contributed by atoms with E-state index in [-0.39, 0.29) is 6.10 Å². The molecule has 2 atom stereocenters. The SMILES string of the molecule is CCc1ccccc1N1CCC(O)C(C)C1. The highest BCUT2D eigenvalue weighted by atomic mass is 16.3. The summed E-state index contributed by atoms with van der Waals surface area (Å²) in [5.74, 6) is 0.374. The van der Waals surface area contributed by atoms with Crippen LogP contribution in [0.1, 0.15) is 25.8 Å². The second kappa shape index (κ2) is 4.88. The van der Waals surface area contributed by atoms with Crippen LogP contribution in [0.15, 0.2) is 24.3 Å². The number of rotatable bonds is 2. The average molecular weight is 219 g/mol. The molecule has 1 N–H and O–H groups in total. The van der Waals surface area contributed by atoms with Gasteiger partial charge in [-0.3, -0.25) is 0 Å². The second-order valence-electron chi connectivity index (χ2n) is 4.76. The van der Waals surface area contributed by atoms with Crippen LogP contribution in [-0.2, 0) is 6.42 Å². The Bertz CT molecular complexity index is 350. The Labute approximate surface area is 97.9 Å². The molecule has 1 aromatic carbocycles. The highest BCUT2D eigenvalue weighted by Crippen LogP contribution is 2.26. The molecular weight excluding hydrogens is 198 g/mol. The summed E-state index contributed by atoms with van der Waals surface area (Å²) < 4.78 is 0. The molecule has 0 spiro atoms. The van der Waals surface area contributed by atoms with Crippen molar-refractivity contribution in [2.45, 2.75) is 32.8 Å². The maximum atomic E-state index is 9.74. The van der Waals surface area contributed by atoms with Crippen LogP contribution < -0.4 is 4.90 Å². The van der Waals surface area contributed by atoms with Crippen LogP contribution in [0.4, 0.5) is 5.69 Å². The van der Waals surface area contributed by atoms with Gasteiger partial charge < -0.3 is 10.0 Å². The summed E-state index contributed by atoms with van der Waals surface area (Å²) in [6, 6.07) is 8.60. The van der Waals surface area contributed by atoms with E-state index in [1.165, 1.54) is 11.3 Å². The van der Waals surface area contributed by atoms with E-state index in [1.54, 1.807) is 0 Å². The monoisotopic (exact) mass is 219 g/mol. The Hall–Kier alpha value is -1.02. The average Bonchev–Trinajstić information content (AvgIpc) is 2.32. The summed E-state index contributed by atoms with van der Waals surface area (Å²) in [5.41, 5.74) is 2.76. The maximum absolute atomic E-state index is 9.74. The Morgan fingerprint density at radius 1 is 1.38 bits per heavy atom. The highest BCUT2D eigenvalue weighted by molar-refractivity contribution is 5.54. The fraction of sp³-hybridized carbons (Fsp3) is 0.571. The minimum Gasteiger partial charge on any atom is -0.393 e. The number of aliphatic hydroxyl groups is 1. The lowest BCUT2D eigenvalue weighted by Crippen LogP contribution is -2.42. The second-order valence-corrected chi connectivity index (χ2v) is 4.76. The molecule has 1 aliphatic heterocycles. The first-order valence-electron chi connectivity index (χ1n) is 6.23. The van der Waals surface area contributed by atoms with Gasteiger partial charge >= 0.3 is 0 Å². The number of para-hydroxylation sites is 1. The molecule has 1 aromatic rings. The molecule has 0 radical (unpaired) electrons. The van der Waals surface area contributed by atoms with Gasteiger partial charge in [0.05, 0.1) is 6.10 Å². The minimum atomic E-state index is -0.120. The van der Waals surface area contributed by atoms with Gasteiger partial charge in [0, 0.05) is 18.8 Å². The number of hydrogen-bond donors (Lipinski definition) is 1. The number of aliphatic hydroxyl groups excluding tert-OH is 1. The van der Waals surface area contributed by atoms with Crippen LogP contribution >= 0.6 is 0 Å². The predicted molar refractivity (Wildman–Crippen MR) is 67.8 cm³/mol. The summed E-state index contributed by atoms with van der Waals surface area (Å²) in [7, 11) is 0. The minimum absolute atomic E-state index is 0.120. The van der Waals surface area contributed by atoms with E-state index in [0.29, 0.717) is 5.92 Å². The lowest BCUT2D eigenvalue weighted by Gasteiger charge is -2.37. The van der Waals surface area contributed by atoms with E-state index < -0.39 is 0 Å². The van der Waals surface area contributed by atoms with Crippen molar-refractivity contribution in [1.82, 2.24) is 0 Å². The first-order chi connectivity index (χ1) is 7.72. The molecule has 2 nitrogen and oxygen atoms in total. The fourth-order valence-corrected chi connectivity index (χ4v) is 2.47. The van der Waals surface area contributed by atoms with Gasteiger partial charge in [-0.25, -0.2) is 0 Å². The summed E-state index contributed by atoms with van der Waals surface area (Å²) in [6.45, 7) is 6.27. The van der Waals surface area contributed by atoms with E-state index in [9.17, 15) is 5.11 Å². The zero-order chi connectivity index (χ0) is 11.5. The van der Waals surface area contributed by atoms with Crippen molar-refractivity contribution < 1.29 is 5.11 Å². The molecule has 1 aliphatic rings. The lowest BCUT2D eigenvalue weighted by molar-refractivity contribution is 0.0970. The molecule has 16 heavy (non-hydrogen) atoms. The van der Waals surface area contributed by atoms with E-state index >= 15 is 0 Å². The van der Waals surface area contributed by atoms with Crippen molar-refractivity contribution >= 4 is 5.69 Å². The van der Waals surface area contributed by atoms with Crippen LogP contribution in [0.25, 0.3) is 0 Å². The number of nitrogens with zero attached hydrogens (tertiary/aromatic N) is 1. The van der Waals surface area contributed by atoms with Gasteiger partial charge in [-0.1, -0.05) is 32.0 Å². The third-order valence-electron chi connectivity index (χ3n) is 3.57. The fourth-order valence-electron chi connectivity index (χ4n) is 2.47. The Balaban J connectivity index is 2.18. The van der Waals surface area contributed by atoms with Crippen molar-refractivity contribution in [2.24, 2.45) is 5.92 Å². The van der Waals surface area contributed by atoms with Gasteiger partial charge in [-0.15, -0.1) is 0 Å². The summed E-state index contributed by atoms with van der Waals surface area (Å²) in [5, 5.41) is 9.74. The molecule has 1 fully saturated rings. The topological polar surface area (TPSA) is 23.5 Å². The molecule has 0 bridgehead atoms. The zero-order valence-electron chi connectivity index (χ0n) is 10.2. The van der Waals surface area contributed by atoms with Gasteiger partial charge in [0.25, 0.3) is 0 Å². The van der Waals surface area contributed by atoms with Crippen molar-refractivity contribution in [3.05, 3.63) is 29.8 Å². The van der Waals surface area contributed by atoms with Gasteiger partial charge in [0.15, 0.2) is 0 Å². The zero-order valence-corrected chi connectivity index (χ0v) is 10.2. The molecule has 1 heterocycles. The van der Waals surface area contributed by atoms with Crippen molar-refractivity contribution in [3.63, 3.8) is 0 Å². The number of anilines is 1. The van der Waals surface area contributed by atoms with E-state index in [0.717, 1.165) is 25.9 Å². The van der Waals surface area contributed by atoms with Gasteiger partial charge in [-0.05, 0) is 30.4 Å². The number of piperidine rings is 1. The van der Waals surface area contributed by atoms with Crippen molar-refractivity contribution in [3.8, 4) is 0 Å². The molecule has 0 aliphatic carbocycles. The van der Waals surface area contributed by atoms with Crippen LogP contribution in [0.3, 0.4) is 0 Å². The largest absolute Gasteiger partial charge is 0.393 e. The molecule has 0 aromatic heterocycles. The van der Waals surface area contributed by atoms with E-state index in [1.807, 2.05) is 0 Å². The normalized spacial score (nSPS) is 25.8.